The van der Waals surface area contributed by atoms with E-state index < -0.39 is 0 Å². The van der Waals surface area contributed by atoms with Crippen molar-refractivity contribution >= 4 is 5.57 Å². The third kappa shape index (κ3) is 4.72. The van der Waals surface area contributed by atoms with Crippen molar-refractivity contribution in [1.82, 2.24) is 5.16 Å². The minimum atomic E-state index is -0.247. The Hall–Kier alpha value is -1.95. The molecule has 0 saturated carbocycles. The van der Waals surface area contributed by atoms with Crippen molar-refractivity contribution in [2.75, 3.05) is 0 Å². The van der Waals surface area contributed by atoms with Crippen LogP contribution in [0.2, 0.25) is 0 Å². The summed E-state index contributed by atoms with van der Waals surface area (Å²) >= 11 is 0. The van der Waals surface area contributed by atoms with Gasteiger partial charge in [-0.15, -0.1) is 6.42 Å². The third-order valence-electron chi connectivity index (χ3n) is 1.45. The van der Waals surface area contributed by atoms with Gasteiger partial charge < -0.3 is 4.52 Å². The zero-order valence-corrected chi connectivity index (χ0v) is 9.20. The van der Waals surface area contributed by atoms with Gasteiger partial charge in [0, 0.05) is 0 Å². The molecule has 0 spiro atoms. The van der Waals surface area contributed by atoms with E-state index in [1.54, 1.807) is 18.2 Å². The van der Waals surface area contributed by atoms with Crippen molar-refractivity contribution in [3.63, 3.8) is 0 Å². The summed E-state index contributed by atoms with van der Waals surface area (Å²) in [4.78, 5) is 10.7. The predicted molar refractivity (Wildman–Crippen MR) is 62.3 cm³/mol. The van der Waals surface area contributed by atoms with Crippen molar-refractivity contribution in [1.29, 1.82) is 0 Å². The first-order valence-corrected chi connectivity index (χ1v) is 4.72. The van der Waals surface area contributed by atoms with Gasteiger partial charge in [-0.25, -0.2) is 0 Å². The summed E-state index contributed by atoms with van der Waals surface area (Å²) < 4.78 is 4.87. The molecule has 0 atom stereocenters. The van der Waals surface area contributed by atoms with Crippen LogP contribution in [-0.2, 0) is 0 Å². The minimum Gasteiger partial charge on any atom is -0.379 e. The van der Waals surface area contributed by atoms with Crippen LogP contribution in [0.5, 0.6) is 0 Å². The van der Waals surface area contributed by atoms with Crippen LogP contribution in [0.25, 0.3) is 5.57 Å². The number of allylic oxidation sites excluding steroid dienone is 4. The van der Waals surface area contributed by atoms with Gasteiger partial charge in [0.05, 0.1) is 6.07 Å². The molecule has 0 saturated heterocycles. The molecule has 0 radical (unpaired) electrons. The van der Waals surface area contributed by atoms with E-state index in [2.05, 4.69) is 11.1 Å². The fraction of sp³-hybridized carbons (Fsp3) is 0.250. The van der Waals surface area contributed by atoms with E-state index in [0.717, 1.165) is 5.57 Å². The standard InChI is InChI=1S/C10H9NO2.C2H6/c1-3-4-5-6-8(2)9-7-10(12)11-13-9;1-2/h1,4-7H,2H3,(H,11,12);1-2H3/b5-4-,8-6+;. The molecule has 0 amide bonds. The second kappa shape index (κ2) is 7.45. The quantitative estimate of drug-likeness (QED) is 0.595. The summed E-state index contributed by atoms with van der Waals surface area (Å²) in [5.41, 5.74) is 0.591. The molecule has 0 aliphatic carbocycles. The van der Waals surface area contributed by atoms with E-state index in [0.29, 0.717) is 5.76 Å². The maximum Gasteiger partial charge on any atom is 0.280 e. The zero-order valence-electron chi connectivity index (χ0n) is 9.20. The van der Waals surface area contributed by atoms with E-state index in [9.17, 15) is 4.79 Å². The van der Waals surface area contributed by atoms with Gasteiger partial charge in [0.1, 0.15) is 0 Å². The molecule has 1 rings (SSSR count). The van der Waals surface area contributed by atoms with Crippen molar-refractivity contribution in [2.45, 2.75) is 20.8 Å². The average Bonchev–Trinajstić information content (AvgIpc) is 2.68. The van der Waals surface area contributed by atoms with Crippen LogP contribution in [0.1, 0.15) is 26.5 Å². The summed E-state index contributed by atoms with van der Waals surface area (Å²) in [6.07, 6.45) is 10.1. The molecule has 0 aliphatic heterocycles. The van der Waals surface area contributed by atoms with E-state index in [1.807, 2.05) is 20.8 Å². The van der Waals surface area contributed by atoms with Gasteiger partial charge in [0.2, 0.25) is 0 Å². The van der Waals surface area contributed by atoms with Crippen LogP contribution in [0.4, 0.5) is 0 Å². The Bertz CT molecular complexity index is 427. The lowest BCUT2D eigenvalue weighted by molar-refractivity contribution is 0.404. The number of terminal acetylenes is 1. The molecule has 1 N–H and O–H groups in total. The van der Waals surface area contributed by atoms with Gasteiger partial charge in [-0.3, -0.25) is 4.79 Å². The van der Waals surface area contributed by atoms with Gasteiger partial charge in [-0.2, -0.15) is 5.16 Å². The minimum absolute atomic E-state index is 0.247. The molecule has 0 aliphatic rings. The third-order valence-corrected chi connectivity index (χ3v) is 1.45. The van der Waals surface area contributed by atoms with Crippen LogP contribution in [0.15, 0.2) is 33.6 Å². The summed E-state index contributed by atoms with van der Waals surface area (Å²) in [6, 6.07) is 1.38. The number of hydrogen-bond donors (Lipinski definition) is 1. The number of nitrogens with one attached hydrogen (secondary N) is 1. The second-order valence-corrected chi connectivity index (χ2v) is 2.45. The Balaban J connectivity index is 0.000000921. The first-order valence-electron chi connectivity index (χ1n) is 4.72. The van der Waals surface area contributed by atoms with Gasteiger partial charge >= 0.3 is 0 Å². The molecule has 15 heavy (non-hydrogen) atoms. The fourth-order valence-electron chi connectivity index (χ4n) is 0.808. The Morgan fingerprint density at radius 2 is 2.27 bits per heavy atom. The Labute approximate surface area is 89.5 Å². The van der Waals surface area contributed by atoms with E-state index >= 15 is 0 Å². The molecule has 3 heteroatoms. The topological polar surface area (TPSA) is 46.0 Å². The van der Waals surface area contributed by atoms with E-state index in [-0.39, 0.29) is 5.56 Å². The van der Waals surface area contributed by atoms with E-state index in [4.69, 9.17) is 10.9 Å². The van der Waals surface area contributed by atoms with Crippen LogP contribution in [0, 0.1) is 12.3 Å². The molecule has 0 aromatic carbocycles. The molecule has 0 fully saturated rings. The maximum absolute atomic E-state index is 10.7. The second-order valence-electron chi connectivity index (χ2n) is 2.45. The molecule has 1 heterocycles. The lowest BCUT2D eigenvalue weighted by Crippen LogP contribution is -1.92. The van der Waals surface area contributed by atoms with Crippen molar-refractivity contribution in [2.24, 2.45) is 0 Å². The largest absolute Gasteiger partial charge is 0.379 e. The number of aromatic amines is 1. The van der Waals surface area contributed by atoms with Crippen LogP contribution < -0.4 is 5.56 Å². The normalized spacial score (nSPS) is 10.7. The number of aromatic nitrogens is 1. The smallest absolute Gasteiger partial charge is 0.280 e. The van der Waals surface area contributed by atoms with Gasteiger partial charge in [-0.1, -0.05) is 31.9 Å². The molecular formula is C12H15NO2. The maximum atomic E-state index is 10.7. The molecule has 0 bridgehead atoms. The highest BCUT2D eigenvalue weighted by Gasteiger charge is 1.99. The highest BCUT2D eigenvalue weighted by Crippen LogP contribution is 2.09. The summed E-state index contributed by atoms with van der Waals surface area (Å²) in [7, 11) is 0. The summed E-state index contributed by atoms with van der Waals surface area (Å²) in [6.45, 7) is 5.83. The Kier molecular flexibility index (Phi) is 6.48. The lowest BCUT2D eigenvalue weighted by atomic mass is 10.2. The number of hydrogen-bond acceptors (Lipinski definition) is 2. The highest BCUT2D eigenvalue weighted by atomic mass is 16.5. The van der Waals surface area contributed by atoms with Crippen molar-refractivity contribution in [3.05, 3.63) is 40.4 Å². The van der Waals surface area contributed by atoms with E-state index in [1.165, 1.54) is 6.07 Å². The fourth-order valence-corrected chi connectivity index (χ4v) is 0.808. The first-order chi connectivity index (χ1) is 7.24. The van der Waals surface area contributed by atoms with Crippen molar-refractivity contribution < 1.29 is 4.52 Å². The van der Waals surface area contributed by atoms with Gasteiger partial charge in [0.25, 0.3) is 5.56 Å². The Morgan fingerprint density at radius 1 is 1.60 bits per heavy atom. The molecule has 3 nitrogen and oxygen atoms in total. The van der Waals surface area contributed by atoms with Crippen molar-refractivity contribution in [3.8, 4) is 12.3 Å². The molecule has 1 aromatic heterocycles. The SMILES string of the molecule is C#C/C=C\C=C(/C)c1cc(=O)[nH]o1.CC. The molecular weight excluding hydrogens is 190 g/mol. The van der Waals surface area contributed by atoms with Gasteiger partial charge in [-0.05, 0) is 18.6 Å². The van der Waals surface area contributed by atoms with Crippen LogP contribution in [-0.4, -0.2) is 5.16 Å². The molecule has 80 valence electrons. The zero-order chi connectivity index (χ0) is 11.7. The lowest BCUT2D eigenvalue weighted by Gasteiger charge is -1.89. The molecule has 1 aromatic rings. The number of H-pyrrole nitrogens is 1. The average molecular weight is 205 g/mol. The summed E-state index contributed by atoms with van der Waals surface area (Å²) in [5.74, 6) is 2.87. The van der Waals surface area contributed by atoms with Gasteiger partial charge in [0.15, 0.2) is 5.76 Å². The first kappa shape index (κ1) is 13.1. The molecule has 0 unspecified atom stereocenters. The van der Waals surface area contributed by atoms with Crippen LogP contribution in [0.3, 0.4) is 0 Å². The summed E-state index contributed by atoms with van der Waals surface area (Å²) in [5, 5.41) is 2.20. The monoisotopic (exact) mass is 205 g/mol. The predicted octanol–water partition coefficient (Wildman–Crippen LogP) is 2.59. The number of rotatable bonds is 2. The van der Waals surface area contributed by atoms with Crippen LogP contribution >= 0.6 is 0 Å². The Morgan fingerprint density at radius 3 is 2.73 bits per heavy atom. The highest BCUT2D eigenvalue weighted by molar-refractivity contribution is 5.60.